The summed E-state index contributed by atoms with van der Waals surface area (Å²) in [5.41, 5.74) is 1.26. The summed E-state index contributed by atoms with van der Waals surface area (Å²) in [6.45, 7) is 4.78. The van der Waals surface area contributed by atoms with Gasteiger partial charge in [-0.15, -0.1) is 0 Å². The lowest BCUT2D eigenvalue weighted by atomic mass is 10.1. The fraction of sp³-hybridized carbons (Fsp3) is 0.286. The predicted molar refractivity (Wildman–Crippen MR) is 114 cm³/mol. The van der Waals surface area contributed by atoms with Crippen LogP contribution in [-0.2, 0) is 9.84 Å². The summed E-state index contributed by atoms with van der Waals surface area (Å²) in [4.78, 5) is 9.06. The SMILES string of the molecule is CC(C)CCNc1nc2ccccc2nc1C(C#N)S(=O)(=O)c1ccc(Cl)cc1. The van der Waals surface area contributed by atoms with Crippen molar-refractivity contribution < 1.29 is 8.42 Å². The number of rotatable bonds is 7. The standard InChI is InChI=1S/C21H21ClN4O2S/c1-14(2)11-12-24-21-20(25-17-5-3-4-6-18(17)26-21)19(13-23)29(27,28)16-9-7-15(22)8-10-16/h3-10,14,19H,11-12H2,1-2H3,(H,24,26). The molecule has 150 valence electrons. The number of aromatic nitrogens is 2. The van der Waals surface area contributed by atoms with Crippen LogP contribution in [0.5, 0.6) is 0 Å². The Labute approximate surface area is 175 Å². The van der Waals surface area contributed by atoms with Crippen LogP contribution in [0.4, 0.5) is 5.82 Å². The molecule has 1 aromatic heterocycles. The summed E-state index contributed by atoms with van der Waals surface area (Å²) in [6, 6.07) is 14.8. The maximum atomic E-state index is 13.2. The van der Waals surface area contributed by atoms with Gasteiger partial charge in [0.05, 0.1) is 22.0 Å². The fourth-order valence-corrected chi connectivity index (χ4v) is 4.35. The number of nitrogens with one attached hydrogen (secondary N) is 1. The first-order valence-electron chi connectivity index (χ1n) is 9.22. The minimum atomic E-state index is -4.02. The average Bonchev–Trinajstić information content (AvgIpc) is 2.68. The van der Waals surface area contributed by atoms with Gasteiger partial charge in [0, 0.05) is 11.6 Å². The number of sulfone groups is 1. The minimum Gasteiger partial charge on any atom is -0.368 e. The van der Waals surface area contributed by atoms with Crippen molar-refractivity contribution in [1.82, 2.24) is 9.97 Å². The number of benzene rings is 2. The maximum absolute atomic E-state index is 13.2. The molecule has 1 N–H and O–H groups in total. The van der Waals surface area contributed by atoms with Crippen LogP contribution in [0.3, 0.4) is 0 Å². The van der Waals surface area contributed by atoms with Gasteiger partial charge in [0.15, 0.2) is 11.1 Å². The van der Waals surface area contributed by atoms with Crippen LogP contribution < -0.4 is 5.32 Å². The Morgan fingerprint density at radius 1 is 1.07 bits per heavy atom. The molecule has 3 rings (SSSR count). The average molecular weight is 429 g/mol. The zero-order chi connectivity index (χ0) is 21.0. The van der Waals surface area contributed by atoms with E-state index in [1.807, 2.05) is 12.1 Å². The van der Waals surface area contributed by atoms with Gasteiger partial charge in [0.25, 0.3) is 0 Å². The number of para-hydroxylation sites is 2. The van der Waals surface area contributed by atoms with Crippen molar-refractivity contribution in [3.8, 4) is 6.07 Å². The number of hydrogen-bond donors (Lipinski definition) is 1. The number of nitrogens with zero attached hydrogens (tertiary/aromatic N) is 3. The quantitative estimate of drug-likeness (QED) is 0.581. The van der Waals surface area contributed by atoms with Crippen LogP contribution in [0.1, 0.15) is 31.2 Å². The van der Waals surface area contributed by atoms with Gasteiger partial charge in [0.1, 0.15) is 5.69 Å². The van der Waals surface area contributed by atoms with E-state index in [-0.39, 0.29) is 10.6 Å². The Balaban J connectivity index is 2.11. The smallest absolute Gasteiger partial charge is 0.200 e. The Morgan fingerprint density at radius 3 is 2.28 bits per heavy atom. The van der Waals surface area contributed by atoms with Crippen molar-refractivity contribution in [2.45, 2.75) is 30.4 Å². The van der Waals surface area contributed by atoms with Gasteiger partial charge >= 0.3 is 0 Å². The molecule has 0 saturated carbocycles. The third-order valence-corrected chi connectivity index (χ3v) is 6.56. The molecule has 0 radical (unpaired) electrons. The highest BCUT2D eigenvalue weighted by molar-refractivity contribution is 7.92. The normalized spacial score (nSPS) is 12.7. The molecular weight excluding hydrogens is 408 g/mol. The monoisotopic (exact) mass is 428 g/mol. The van der Waals surface area contributed by atoms with Crippen LogP contribution in [0.15, 0.2) is 53.4 Å². The van der Waals surface area contributed by atoms with Gasteiger partial charge in [-0.2, -0.15) is 5.26 Å². The predicted octanol–water partition coefficient (Wildman–Crippen LogP) is 4.78. The highest BCUT2D eigenvalue weighted by Gasteiger charge is 2.33. The van der Waals surface area contributed by atoms with Crippen molar-refractivity contribution in [2.75, 3.05) is 11.9 Å². The number of anilines is 1. The fourth-order valence-electron chi connectivity index (χ4n) is 2.84. The summed E-state index contributed by atoms with van der Waals surface area (Å²) in [5, 5.41) is 11.9. The van der Waals surface area contributed by atoms with Crippen molar-refractivity contribution in [3.05, 3.63) is 59.2 Å². The van der Waals surface area contributed by atoms with E-state index in [0.29, 0.717) is 34.3 Å². The number of fused-ring (bicyclic) bond motifs is 1. The Morgan fingerprint density at radius 2 is 1.69 bits per heavy atom. The molecule has 0 saturated heterocycles. The molecule has 0 fully saturated rings. The molecule has 8 heteroatoms. The molecule has 1 atom stereocenters. The molecule has 1 heterocycles. The number of hydrogen-bond acceptors (Lipinski definition) is 6. The number of nitriles is 1. The van der Waals surface area contributed by atoms with Gasteiger partial charge in [-0.1, -0.05) is 37.6 Å². The van der Waals surface area contributed by atoms with Gasteiger partial charge in [-0.3, -0.25) is 0 Å². The molecule has 0 aliphatic carbocycles. The summed E-state index contributed by atoms with van der Waals surface area (Å²) < 4.78 is 26.4. The molecule has 0 aliphatic heterocycles. The third kappa shape index (κ3) is 4.66. The Hall–Kier alpha value is -2.69. The maximum Gasteiger partial charge on any atom is 0.200 e. The van der Waals surface area contributed by atoms with Gasteiger partial charge in [0.2, 0.25) is 9.84 Å². The van der Waals surface area contributed by atoms with E-state index in [1.165, 1.54) is 24.3 Å². The van der Waals surface area contributed by atoms with Gasteiger partial charge < -0.3 is 5.32 Å². The first kappa shape index (κ1) is 21.0. The van der Waals surface area contributed by atoms with Gasteiger partial charge in [-0.25, -0.2) is 18.4 Å². The molecule has 3 aromatic rings. The van der Waals surface area contributed by atoms with Crippen molar-refractivity contribution in [3.63, 3.8) is 0 Å². The molecule has 29 heavy (non-hydrogen) atoms. The zero-order valence-electron chi connectivity index (χ0n) is 16.1. The van der Waals surface area contributed by atoms with E-state index in [4.69, 9.17) is 11.6 Å². The molecule has 6 nitrogen and oxygen atoms in total. The van der Waals surface area contributed by atoms with Crippen LogP contribution in [-0.4, -0.2) is 24.9 Å². The lowest BCUT2D eigenvalue weighted by molar-refractivity contribution is 0.589. The highest BCUT2D eigenvalue weighted by atomic mass is 35.5. The lowest BCUT2D eigenvalue weighted by Crippen LogP contribution is -2.18. The van der Waals surface area contributed by atoms with Crippen LogP contribution in [0.25, 0.3) is 11.0 Å². The molecule has 0 spiro atoms. The number of halogens is 1. The van der Waals surface area contributed by atoms with E-state index < -0.39 is 15.1 Å². The molecule has 0 aliphatic rings. The minimum absolute atomic E-state index is 0.0107. The van der Waals surface area contributed by atoms with E-state index in [9.17, 15) is 13.7 Å². The zero-order valence-corrected chi connectivity index (χ0v) is 17.7. The van der Waals surface area contributed by atoms with Crippen LogP contribution in [0.2, 0.25) is 5.02 Å². The second-order valence-electron chi connectivity index (χ2n) is 7.06. The Bertz CT molecular complexity index is 1160. The third-order valence-electron chi connectivity index (χ3n) is 4.43. The molecule has 1 unspecified atom stereocenters. The van der Waals surface area contributed by atoms with Crippen LogP contribution >= 0.6 is 11.6 Å². The second-order valence-corrected chi connectivity index (χ2v) is 9.53. The first-order chi connectivity index (χ1) is 13.8. The summed E-state index contributed by atoms with van der Waals surface area (Å²) in [5.74, 6) is 0.775. The lowest BCUT2D eigenvalue weighted by Gasteiger charge is -2.16. The summed E-state index contributed by atoms with van der Waals surface area (Å²) in [6.07, 6.45) is 0.870. The van der Waals surface area contributed by atoms with E-state index in [2.05, 4.69) is 29.1 Å². The van der Waals surface area contributed by atoms with E-state index >= 15 is 0 Å². The summed E-state index contributed by atoms with van der Waals surface area (Å²) in [7, 11) is -4.02. The van der Waals surface area contributed by atoms with Crippen molar-refractivity contribution in [2.24, 2.45) is 5.92 Å². The van der Waals surface area contributed by atoms with Crippen LogP contribution in [0, 0.1) is 17.2 Å². The molecule has 2 aromatic carbocycles. The van der Waals surface area contributed by atoms with E-state index in [0.717, 1.165) is 6.42 Å². The largest absolute Gasteiger partial charge is 0.368 e. The second kappa shape index (κ2) is 8.76. The van der Waals surface area contributed by atoms with Crippen molar-refractivity contribution >= 4 is 38.3 Å². The Kier molecular flexibility index (Phi) is 6.36. The molecular formula is C21H21ClN4O2S. The van der Waals surface area contributed by atoms with Gasteiger partial charge in [-0.05, 0) is 48.7 Å². The first-order valence-corrected chi connectivity index (χ1v) is 11.1. The van der Waals surface area contributed by atoms with E-state index in [1.54, 1.807) is 18.2 Å². The highest BCUT2D eigenvalue weighted by Crippen LogP contribution is 2.32. The topological polar surface area (TPSA) is 95.7 Å². The summed E-state index contributed by atoms with van der Waals surface area (Å²) >= 11 is 5.87. The molecule has 0 bridgehead atoms. The van der Waals surface area contributed by atoms with Crippen molar-refractivity contribution in [1.29, 1.82) is 5.26 Å². The molecule has 0 amide bonds.